The van der Waals surface area contributed by atoms with Crippen LogP contribution in [0.5, 0.6) is 11.5 Å². The van der Waals surface area contributed by atoms with Crippen LogP contribution in [-0.2, 0) is 13.1 Å². The van der Waals surface area contributed by atoms with E-state index in [1.807, 2.05) is 31.2 Å². The van der Waals surface area contributed by atoms with Gasteiger partial charge in [-0.1, -0.05) is 24.3 Å². The predicted octanol–water partition coefficient (Wildman–Crippen LogP) is 4.19. The van der Waals surface area contributed by atoms with E-state index in [9.17, 15) is 9.50 Å². The third-order valence-electron chi connectivity index (χ3n) is 4.37. The number of rotatable bonds is 8. The Kier molecular flexibility index (Phi) is 8.82. The van der Waals surface area contributed by atoms with Crippen LogP contribution in [0.3, 0.4) is 0 Å². The second kappa shape index (κ2) is 11.1. The molecule has 1 saturated carbocycles. The number of aliphatic imine (C=N–C) groups is 1. The standard InChI is InChI=1S/C21H26FN3O2.HI/c1-2-23-21(24-12-16-9-10-19(26)18(22)11-16)25-13-17-5-3-4-6-20(17)27-14-15-7-8-15;/h3-6,9-11,15,26H,2,7-8,12-14H2,1H3,(H2,23,24,25);1H. The molecule has 0 bridgehead atoms. The van der Waals surface area contributed by atoms with Gasteiger partial charge in [-0.2, -0.15) is 0 Å². The third-order valence-corrected chi connectivity index (χ3v) is 4.37. The van der Waals surface area contributed by atoms with E-state index in [-0.39, 0.29) is 29.7 Å². The highest BCUT2D eigenvalue weighted by Crippen LogP contribution is 2.30. The summed E-state index contributed by atoms with van der Waals surface area (Å²) in [5, 5.41) is 15.8. The van der Waals surface area contributed by atoms with Gasteiger partial charge in [-0.3, -0.25) is 0 Å². The molecule has 152 valence electrons. The van der Waals surface area contributed by atoms with Gasteiger partial charge in [-0.15, -0.1) is 24.0 Å². The van der Waals surface area contributed by atoms with E-state index in [4.69, 9.17) is 4.74 Å². The van der Waals surface area contributed by atoms with Gasteiger partial charge in [0.1, 0.15) is 5.75 Å². The van der Waals surface area contributed by atoms with Crippen molar-refractivity contribution in [2.75, 3.05) is 13.2 Å². The van der Waals surface area contributed by atoms with E-state index >= 15 is 0 Å². The molecule has 0 amide bonds. The lowest BCUT2D eigenvalue weighted by molar-refractivity contribution is 0.296. The smallest absolute Gasteiger partial charge is 0.191 e. The molecule has 2 aromatic rings. The summed E-state index contributed by atoms with van der Waals surface area (Å²) in [7, 11) is 0. The van der Waals surface area contributed by atoms with Crippen molar-refractivity contribution in [3.63, 3.8) is 0 Å². The van der Waals surface area contributed by atoms with Gasteiger partial charge in [-0.05, 0) is 49.4 Å². The predicted molar refractivity (Wildman–Crippen MR) is 120 cm³/mol. The average Bonchev–Trinajstić information content (AvgIpc) is 3.50. The Morgan fingerprint density at radius 1 is 1.21 bits per heavy atom. The molecule has 7 heteroatoms. The van der Waals surface area contributed by atoms with Gasteiger partial charge >= 0.3 is 0 Å². The minimum atomic E-state index is -0.637. The highest BCUT2D eigenvalue weighted by atomic mass is 127. The number of hydrogen-bond acceptors (Lipinski definition) is 3. The molecule has 0 radical (unpaired) electrons. The number of nitrogens with one attached hydrogen (secondary N) is 2. The maximum atomic E-state index is 13.5. The number of hydrogen-bond donors (Lipinski definition) is 3. The highest BCUT2D eigenvalue weighted by Gasteiger charge is 2.22. The van der Waals surface area contributed by atoms with Crippen LogP contribution in [0.25, 0.3) is 0 Å². The molecule has 5 nitrogen and oxygen atoms in total. The van der Waals surface area contributed by atoms with E-state index in [1.54, 1.807) is 6.07 Å². The van der Waals surface area contributed by atoms with Crippen molar-refractivity contribution in [1.29, 1.82) is 0 Å². The first-order chi connectivity index (χ1) is 13.2. The van der Waals surface area contributed by atoms with E-state index < -0.39 is 5.82 Å². The van der Waals surface area contributed by atoms with Crippen molar-refractivity contribution in [1.82, 2.24) is 10.6 Å². The molecule has 3 N–H and O–H groups in total. The largest absolute Gasteiger partial charge is 0.505 e. The fourth-order valence-electron chi connectivity index (χ4n) is 2.62. The van der Waals surface area contributed by atoms with Crippen molar-refractivity contribution in [3.8, 4) is 11.5 Å². The second-order valence-electron chi connectivity index (χ2n) is 6.70. The topological polar surface area (TPSA) is 65.9 Å². The number of phenols is 1. The lowest BCUT2D eigenvalue weighted by Gasteiger charge is -2.14. The van der Waals surface area contributed by atoms with Crippen LogP contribution in [0.2, 0.25) is 0 Å². The van der Waals surface area contributed by atoms with Gasteiger partial charge in [0.2, 0.25) is 0 Å². The molecular formula is C21H27FIN3O2. The number of para-hydroxylation sites is 1. The van der Waals surface area contributed by atoms with Gasteiger partial charge in [0.05, 0.1) is 13.2 Å². The summed E-state index contributed by atoms with van der Waals surface area (Å²) >= 11 is 0. The van der Waals surface area contributed by atoms with Crippen molar-refractivity contribution < 1.29 is 14.2 Å². The lowest BCUT2D eigenvalue weighted by atomic mass is 10.2. The molecule has 0 atom stereocenters. The average molecular weight is 499 g/mol. The van der Waals surface area contributed by atoms with E-state index in [0.717, 1.165) is 24.5 Å². The molecule has 0 aliphatic heterocycles. The molecule has 1 fully saturated rings. The van der Waals surface area contributed by atoms with E-state index in [0.29, 0.717) is 30.5 Å². The normalized spacial score (nSPS) is 13.6. The summed E-state index contributed by atoms with van der Waals surface area (Å²) in [4.78, 5) is 4.49. The van der Waals surface area contributed by atoms with Crippen LogP contribution in [-0.4, -0.2) is 24.2 Å². The lowest BCUT2D eigenvalue weighted by Crippen LogP contribution is -2.36. The van der Waals surface area contributed by atoms with Crippen LogP contribution < -0.4 is 15.4 Å². The van der Waals surface area contributed by atoms with Crippen LogP contribution in [0, 0.1) is 11.7 Å². The Morgan fingerprint density at radius 3 is 2.71 bits per heavy atom. The maximum absolute atomic E-state index is 13.5. The summed E-state index contributed by atoms with van der Waals surface area (Å²) in [6.45, 7) is 4.38. The summed E-state index contributed by atoms with van der Waals surface area (Å²) in [5.74, 6) is 1.25. The number of phenolic OH excluding ortho intramolecular Hbond substituents is 1. The minimum Gasteiger partial charge on any atom is -0.505 e. The Labute approximate surface area is 182 Å². The fraction of sp³-hybridized carbons (Fsp3) is 0.381. The summed E-state index contributed by atoms with van der Waals surface area (Å²) < 4.78 is 19.4. The SMILES string of the molecule is CCNC(=NCc1ccc(O)c(F)c1)NCc1ccccc1OCC1CC1.I. The number of guanidine groups is 1. The first-order valence-corrected chi connectivity index (χ1v) is 9.36. The van der Waals surface area contributed by atoms with Crippen molar-refractivity contribution in [2.24, 2.45) is 10.9 Å². The minimum absolute atomic E-state index is 0. The second-order valence-corrected chi connectivity index (χ2v) is 6.70. The zero-order valence-corrected chi connectivity index (χ0v) is 18.3. The number of aromatic hydroxyl groups is 1. The molecule has 3 rings (SSSR count). The quantitative estimate of drug-likeness (QED) is 0.290. The van der Waals surface area contributed by atoms with E-state index in [2.05, 4.69) is 15.6 Å². The summed E-state index contributed by atoms with van der Waals surface area (Å²) in [6, 6.07) is 12.3. The van der Waals surface area contributed by atoms with Gasteiger partial charge < -0.3 is 20.5 Å². The van der Waals surface area contributed by atoms with Crippen LogP contribution in [0.15, 0.2) is 47.5 Å². The number of nitrogens with zero attached hydrogens (tertiary/aromatic N) is 1. The highest BCUT2D eigenvalue weighted by molar-refractivity contribution is 14.0. The molecule has 1 aliphatic rings. The zero-order valence-electron chi connectivity index (χ0n) is 16.0. The Balaban J connectivity index is 0.00000280. The molecule has 2 aromatic carbocycles. The van der Waals surface area contributed by atoms with E-state index in [1.165, 1.54) is 25.0 Å². The molecule has 1 aliphatic carbocycles. The summed E-state index contributed by atoms with van der Waals surface area (Å²) in [6.07, 6.45) is 2.52. The molecular weight excluding hydrogens is 472 g/mol. The Morgan fingerprint density at radius 2 is 2.00 bits per heavy atom. The first kappa shape index (κ1) is 22.3. The first-order valence-electron chi connectivity index (χ1n) is 9.36. The van der Waals surface area contributed by atoms with Gasteiger partial charge in [0.15, 0.2) is 17.5 Å². The van der Waals surface area contributed by atoms with Crippen LogP contribution >= 0.6 is 24.0 Å². The molecule has 0 spiro atoms. The van der Waals surface area contributed by atoms with Crippen LogP contribution in [0.1, 0.15) is 30.9 Å². The van der Waals surface area contributed by atoms with Gasteiger partial charge in [-0.25, -0.2) is 9.38 Å². The van der Waals surface area contributed by atoms with Crippen LogP contribution in [0.4, 0.5) is 4.39 Å². The third kappa shape index (κ3) is 6.85. The number of halogens is 2. The van der Waals surface area contributed by atoms with Gasteiger partial charge in [0.25, 0.3) is 0 Å². The van der Waals surface area contributed by atoms with Crippen molar-refractivity contribution >= 4 is 29.9 Å². The number of ether oxygens (including phenoxy) is 1. The molecule has 0 aromatic heterocycles. The fourth-order valence-corrected chi connectivity index (χ4v) is 2.62. The monoisotopic (exact) mass is 499 g/mol. The maximum Gasteiger partial charge on any atom is 0.191 e. The molecule has 0 unspecified atom stereocenters. The molecule has 0 heterocycles. The van der Waals surface area contributed by atoms with Crippen molar-refractivity contribution in [2.45, 2.75) is 32.9 Å². The Bertz CT molecular complexity index is 797. The van der Waals surface area contributed by atoms with Gasteiger partial charge in [0, 0.05) is 18.7 Å². The van der Waals surface area contributed by atoms with Crippen molar-refractivity contribution in [3.05, 3.63) is 59.4 Å². The number of benzene rings is 2. The molecule has 28 heavy (non-hydrogen) atoms. The molecule has 0 saturated heterocycles. The Hall–Kier alpha value is -2.03. The summed E-state index contributed by atoms with van der Waals surface area (Å²) in [5.41, 5.74) is 1.76. The zero-order chi connectivity index (χ0) is 19.1.